The maximum atomic E-state index is 13.0. The average molecular weight is 327 g/mol. The fourth-order valence-electron chi connectivity index (χ4n) is 2.67. The van der Waals surface area contributed by atoms with Crippen molar-refractivity contribution in [2.24, 2.45) is 5.92 Å². The Balaban J connectivity index is 2.63. The van der Waals surface area contributed by atoms with Crippen LogP contribution >= 0.6 is 0 Å². The Labute approximate surface area is 142 Å². The van der Waals surface area contributed by atoms with Gasteiger partial charge in [-0.05, 0) is 25.8 Å². The van der Waals surface area contributed by atoms with Crippen LogP contribution in [0.3, 0.4) is 0 Å². The van der Waals surface area contributed by atoms with E-state index in [1.165, 1.54) is 4.68 Å². The Morgan fingerprint density at radius 1 is 1.29 bits per heavy atom. The predicted octanol–water partition coefficient (Wildman–Crippen LogP) is 3.09. The number of fused-ring (bicyclic) bond motifs is 1. The van der Waals surface area contributed by atoms with Gasteiger partial charge in [0.05, 0.1) is 5.39 Å². The summed E-state index contributed by atoms with van der Waals surface area (Å²) < 4.78 is 1.41. The number of hydrogen-bond acceptors (Lipinski definition) is 3. The molecule has 0 saturated carbocycles. The summed E-state index contributed by atoms with van der Waals surface area (Å²) >= 11 is 0. The highest BCUT2D eigenvalue weighted by Crippen LogP contribution is 2.16. The largest absolute Gasteiger partial charge is 0.334 e. The van der Waals surface area contributed by atoms with Crippen molar-refractivity contribution in [3.63, 3.8) is 0 Å². The third-order valence-corrected chi connectivity index (χ3v) is 3.74. The number of rotatable bonds is 6. The highest BCUT2D eigenvalue weighted by atomic mass is 16.2. The molecule has 0 aliphatic carbocycles. The molecule has 0 radical (unpaired) electrons. The Kier molecular flexibility index (Phi) is 5.54. The SMILES string of the molecule is C=C(C)CN(CC)C(=O)c1nn(CC(C)C)c(=O)c2ccccc12. The first-order chi connectivity index (χ1) is 11.3. The lowest BCUT2D eigenvalue weighted by molar-refractivity contribution is 0.0771. The zero-order chi connectivity index (χ0) is 17.9. The van der Waals surface area contributed by atoms with E-state index in [0.717, 1.165) is 5.57 Å². The molecule has 0 spiro atoms. The summed E-state index contributed by atoms with van der Waals surface area (Å²) in [4.78, 5) is 27.3. The van der Waals surface area contributed by atoms with Gasteiger partial charge < -0.3 is 4.90 Å². The predicted molar refractivity (Wildman–Crippen MR) is 97.2 cm³/mol. The van der Waals surface area contributed by atoms with E-state index in [1.807, 2.05) is 39.8 Å². The van der Waals surface area contributed by atoms with Crippen molar-refractivity contribution in [3.05, 3.63) is 52.5 Å². The summed E-state index contributed by atoms with van der Waals surface area (Å²) in [6, 6.07) is 7.17. The molecule has 5 heteroatoms. The average Bonchev–Trinajstić information content (AvgIpc) is 2.54. The lowest BCUT2D eigenvalue weighted by Gasteiger charge is -2.22. The van der Waals surface area contributed by atoms with Crippen molar-refractivity contribution in [2.75, 3.05) is 13.1 Å². The first kappa shape index (κ1) is 17.9. The molecule has 2 rings (SSSR count). The molecule has 128 valence electrons. The molecule has 0 unspecified atom stereocenters. The number of aromatic nitrogens is 2. The number of hydrogen-bond donors (Lipinski definition) is 0. The van der Waals surface area contributed by atoms with Crippen LogP contribution in [0, 0.1) is 5.92 Å². The van der Waals surface area contributed by atoms with Crippen LogP contribution in [0.25, 0.3) is 10.8 Å². The second-order valence-corrected chi connectivity index (χ2v) is 6.55. The van der Waals surface area contributed by atoms with E-state index in [0.29, 0.717) is 36.1 Å². The van der Waals surface area contributed by atoms with E-state index in [4.69, 9.17) is 0 Å². The van der Waals surface area contributed by atoms with Crippen LogP contribution in [0.2, 0.25) is 0 Å². The molecule has 1 amide bonds. The van der Waals surface area contributed by atoms with Crippen molar-refractivity contribution in [2.45, 2.75) is 34.2 Å². The quantitative estimate of drug-likeness (QED) is 0.766. The summed E-state index contributed by atoms with van der Waals surface area (Å²) in [5, 5.41) is 5.53. The van der Waals surface area contributed by atoms with Gasteiger partial charge in [-0.3, -0.25) is 9.59 Å². The number of benzene rings is 1. The standard InChI is InChI=1S/C19H25N3O2/c1-6-21(11-13(2)3)19(24)17-15-9-7-8-10-16(15)18(23)22(20-17)12-14(4)5/h7-10,14H,2,6,11-12H2,1,3-5H3. The van der Waals surface area contributed by atoms with Gasteiger partial charge in [0, 0.05) is 25.0 Å². The van der Waals surface area contributed by atoms with E-state index in [1.54, 1.807) is 17.0 Å². The van der Waals surface area contributed by atoms with Gasteiger partial charge in [0.25, 0.3) is 11.5 Å². The Hall–Kier alpha value is -2.43. The van der Waals surface area contributed by atoms with Crippen molar-refractivity contribution < 1.29 is 4.79 Å². The minimum Gasteiger partial charge on any atom is -0.334 e. The summed E-state index contributed by atoms with van der Waals surface area (Å²) in [6.07, 6.45) is 0. The highest BCUT2D eigenvalue weighted by Gasteiger charge is 2.21. The minimum absolute atomic E-state index is 0.154. The highest BCUT2D eigenvalue weighted by molar-refractivity contribution is 6.04. The van der Waals surface area contributed by atoms with Crippen LogP contribution in [-0.4, -0.2) is 33.7 Å². The smallest absolute Gasteiger partial charge is 0.275 e. The molecule has 0 saturated heterocycles. The van der Waals surface area contributed by atoms with Crippen LogP contribution in [-0.2, 0) is 6.54 Å². The first-order valence-electron chi connectivity index (χ1n) is 8.28. The fraction of sp³-hybridized carbons (Fsp3) is 0.421. The lowest BCUT2D eigenvalue weighted by atomic mass is 10.1. The van der Waals surface area contributed by atoms with Crippen LogP contribution in [0.1, 0.15) is 38.2 Å². The Bertz CT molecular complexity index is 821. The molecule has 0 N–H and O–H groups in total. The van der Waals surface area contributed by atoms with Crippen LogP contribution < -0.4 is 5.56 Å². The molecule has 24 heavy (non-hydrogen) atoms. The zero-order valence-electron chi connectivity index (χ0n) is 14.9. The second kappa shape index (κ2) is 7.43. The van der Waals surface area contributed by atoms with Gasteiger partial charge in [-0.1, -0.05) is 44.2 Å². The topological polar surface area (TPSA) is 55.2 Å². The Morgan fingerprint density at radius 2 is 1.92 bits per heavy atom. The maximum Gasteiger partial charge on any atom is 0.275 e. The van der Waals surface area contributed by atoms with Gasteiger partial charge in [-0.2, -0.15) is 5.10 Å². The van der Waals surface area contributed by atoms with Gasteiger partial charge in [-0.15, -0.1) is 0 Å². The number of likely N-dealkylation sites (N-methyl/N-ethyl adjacent to an activating group) is 1. The van der Waals surface area contributed by atoms with E-state index < -0.39 is 0 Å². The zero-order valence-corrected chi connectivity index (χ0v) is 14.9. The van der Waals surface area contributed by atoms with E-state index >= 15 is 0 Å². The third-order valence-electron chi connectivity index (χ3n) is 3.74. The molecule has 0 fully saturated rings. The monoisotopic (exact) mass is 327 g/mol. The van der Waals surface area contributed by atoms with E-state index in [2.05, 4.69) is 11.7 Å². The van der Waals surface area contributed by atoms with Crippen LogP contribution in [0.15, 0.2) is 41.2 Å². The molecule has 0 aliphatic rings. The molecule has 1 aromatic heterocycles. The molecule has 5 nitrogen and oxygen atoms in total. The van der Waals surface area contributed by atoms with Crippen molar-refractivity contribution >= 4 is 16.7 Å². The minimum atomic E-state index is -0.172. The van der Waals surface area contributed by atoms with Crippen molar-refractivity contribution in [1.82, 2.24) is 14.7 Å². The normalized spacial score (nSPS) is 11.0. The van der Waals surface area contributed by atoms with Crippen molar-refractivity contribution in [3.8, 4) is 0 Å². The Morgan fingerprint density at radius 3 is 2.46 bits per heavy atom. The molecular weight excluding hydrogens is 302 g/mol. The third kappa shape index (κ3) is 3.72. The number of amides is 1. The second-order valence-electron chi connectivity index (χ2n) is 6.55. The maximum absolute atomic E-state index is 13.0. The summed E-state index contributed by atoms with van der Waals surface area (Å²) in [5.41, 5.74) is 1.08. The van der Waals surface area contributed by atoms with E-state index in [9.17, 15) is 9.59 Å². The number of carbonyl (C=O) groups is 1. The van der Waals surface area contributed by atoms with Gasteiger partial charge in [0.15, 0.2) is 5.69 Å². The molecule has 1 aromatic carbocycles. The molecule has 0 aliphatic heterocycles. The van der Waals surface area contributed by atoms with Gasteiger partial charge in [-0.25, -0.2) is 4.68 Å². The van der Waals surface area contributed by atoms with Gasteiger partial charge in [0.2, 0.25) is 0 Å². The molecule has 0 bridgehead atoms. The molecule has 2 aromatic rings. The summed E-state index contributed by atoms with van der Waals surface area (Å²) in [7, 11) is 0. The van der Waals surface area contributed by atoms with Crippen LogP contribution in [0.5, 0.6) is 0 Å². The summed E-state index contributed by atoms with van der Waals surface area (Å²) in [6.45, 7) is 13.3. The number of carbonyl (C=O) groups excluding carboxylic acids is 1. The fourth-order valence-corrected chi connectivity index (χ4v) is 2.67. The summed E-state index contributed by atoms with van der Waals surface area (Å²) in [5.74, 6) is 0.0891. The van der Waals surface area contributed by atoms with E-state index in [-0.39, 0.29) is 17.4 Å². The molecule has 0 atom stereocenters. The van der Waals surface area contributed by atoms with Crippen LogP contribution in [0.4, 0.5) is 0 Å². The van der Waals surface area contributed by atoms with Gasteiger partial charge in [0.1, 0.15) is 0 Å². The number of nitrogens with zero attached hydrogens (tertiary/aromatic N) is 3. The van der Waals surface area contributed by atoms with Gasteiger partial charge >= 0.3 is 0 Å². The molecular formula is C19H25N3O2. The molecule has 1 heterocycles. The van der Waals surface area contributed by atoms with Crippen molar-refractivity contribution in [1.29, 1.82) is 0 Å². The first-order valence-corrected chi connectivity index (χ1v) is 8.28. The lowest BCUT2D eigenvalue weighted by Crippen LogP contribution is -2.35.